The van der Waals surface area contributed by atoms with Crippen molar-refractivity contribution in [1.82, 2.24) is 9.55 Å². The van der Waals surface area contributed by atoms with Crippen molar-refractivity contribution >= 4 is 0 Å². The van der Waals surface area contributed by atoms with E-state index in [0.717, 1.165) is 0 Å². The second kappa shape index (κ2) is 17.9. The fourth-order valence-corrected chi connectivity index (χ4v) is 5.12. The molecule has 0 aliphatic rings. The molecule has 1 aromatic heterocycles. The lowest BCUT2D eigenvalue weighted by atomic mass is 9.84. The Bertz CT molecular complexity index is 634. The number of aromatic nitrogens is 2. The Labute approximate surface area is 199 Å². The minimum Gasteiger partial charge on any atom is -0.334 e. The van der Waals surface area contributed by atoms with Crippen molar-refractivity contribution in [2.24, 2.45) is 5.92 Å². The molecule has 1 heterocycles. The van der Waals surface area contributed by atoms with Crippen molar-refractivity contribution in [1.29, 1.82) is 0 Å². The maximum absolute atomic E-state index is 4.41. The maximum Gasteiger partial charge on any atom is 0.0948 e. The maximum atomic E-state index is 4.41. The van der Waals surface area contributed by atoms with Gasteiger partial charge in [-0.1, -0.05) is 134 Å². The van der Waals surface area contributed by atoms with Gasteiger partial charge >= 0.3 is 0 Å². The lowest BCUT2D eigenvalue weighted by Crippen LogP contribution is -2.21. The summed E-state index contributed by atoms with van der Waals surface area (Å²) in [6.45, 7) is 4.60. The van der Waals surface area contributed by atoms with Crippen molar-refractivity contribution in [3.05, 3.63) is 54.6 Å². The van der Waals surface area contributed by atoms with E-state index < -0.39 is 0 Å². The van der Waals surface area contributed by atoms with Gasteiger partial charge in [0.05, 0.1) is 6.33 Å². The zero-order chi connectivity index (χ0) is 22.7. The van der Waals surface area contributed by atoms with Gasteiger partial charge < -0.3 is 4.57 Å². The SMILES string of the molecule is CCCCCCCCCC(Cc1ccccc1)C(CCCCCCCCC)n1ccnc1. The van der Waals surface area contributed by atoms with Crippen LogP contribution in [0.25, 0.3) is 0 Å². The normalized spacial score (nSPS) is 13.3. The second-order valence-electron chi connectivity index (χ2n) is 9.85. The van der Waals surface area contributed by atoms with Gasteiger partial charge in [0.25, 0.3) is 0 Å². The summed E-state index contributed by atoms with van der Waals surface area (Å²) >= 11 is 0. The third-order valence-electron chi connectivity index (χ3n) is 7.07. The van der Waals surface area contributed by atoms with Crippen LogP contribution in [0.15, 0.2) is 49.1 Å². The monoisotopic (exact) mass is 438 g/mol. The second-order valence-corrected chi connectivity index (χ2v) is 9.85. The van der Waals surface area contributed by atoms with Crippen molar-refractivity contribution in [2.75, 3.05) is 0 Å². The van der Waals surface area contributed by atoms with Gasteiger partial charge in [-0.25, -0.2) is 4.98 Å². The zero-order valence-corrected chi connectivity index (χ0v) is 21.2. The minimum atomic E-state index is 0.577. The third-order valence-corrected chi connectivity index (χ3v) is 7.07. The molecule has 2 heteroatoms. The van der Waals surface area contributed by atoms with Crippen LogP contribution in [0.2, 0.25) is 0 Å². The van der Waals surface area contributed by atoms with E-state index in [1.165, 1.54) is 115 Å². The summed E-state index contributed by atoms with van der Waals surface area (Å²) in [5, 5.41) is 0. The van der Waals surface area contributed by atoms with Crippen LogP contribution < -0.4 is 0 Å². The predicted molar refractivity (Wildman–Crippen MR) is 140 cm³/mol. The molecule has 2 aromatic rings. The smallest absolute Gasteiger partial charge is 0.0948 e. The molecule has 2 atom stereocenters. The average Bonchev–Trinajstić information content (AvgIpc) is 3.35. The van der Waals surface area contributed by atoms with Crippen molar-refractivity contribution in [3.63, 3.8) is 0 Å². The number of benzene rings is 1. The molecule has 0 bridgehead atoms. The Kier molecular flexibility index (Phi) is 14.9. The van der Waals surface area contributed by atoms with E-state index in [1.807, 2.05) is 6.20 Å². The molecule has 32 heavy (non-hydrogen) atoms. The fourth-order valence-electron chi connectivity index (χ4n) is 5.12. The van der Waals surface area contributed by atoms with Gasteiger partial charge in [0, 0.05) is 18.4 Å². The number of imidazole rings is 1. The molecule has 0 spiro atoms. The van der Waals surface area contributed by atoms with Crippen molar-refractivity contribution in [3.8, 4) is 0 Å². The van der Waals surface area contributed by atoms with E-state index in [1.54, 1.807) is 0 Å². The van der Waals surface area contributed by atoms with Crippen molar-refractivity contribution in [2.45, 2.75) is 129 Å². The summed E-state index contributed by atoms with van der Waals surface area (Å²) in [6.07, 6.45) is 29.5. The van der Waals surface area contributed by atoms with Gasteiger partial charge in [-0.2, -0.15) is 0 Å². The molecule has 2 nitrogen and oxygen atoms in total. The van der Waals surface area contributed by atoms with E-state index in [2.05, 4.69) is 66.3 Å². The minimum absolute atomic E-state index is 0.577. The first-order valence-corrected chi connectivity index (χ1v) is 13.9. The molecule has 2 unspecified atom stereocenters. The van der Waals surface area contributed by atoms with E-state index >= 15 is 0 Å². The number of unbranched alkanes of at least 4 members (excludes halogenated alkanes) is 12. The molecule has 180 valence electrons. The van der Waals surface area contributed by atoms with Crippen LogP contribution in [-0.2, 0) is 6.42 Å². The third kappa shape index (κ3) is 11.3. The van der Waals surface area contributed by atoms with Gasteiger partial charge in [0.15, 0.2) is 0 Å². The Morgan fingerprint density at radius 3 is 1.81 bits per heavy atom. The highest BCUT2D eigenvalue weighted by molar-refractivity contribution is 5.15. The molecule has 0 saturated carbocycles. The highest BCUT2D eigenvalue weighted by atomic mass is 15.1. The average molecular weight is 439 g/mol. The van der Waals surface area contributed by atoms with Crippen LogP contribution >= 0.6 is 0 Å². The summed E-state index contributed by atoms with van der Waals surface area (Å²) in [6, 6.07) is 11.7. The van der Waals surface area contributed by atoms with Crippen LogP contribution in [-0.4, -0.2) is 9.55 Å². The summed E-state index contributed by atoms with van der Waals surface area (Å²) in [5.74, 6) is 0.697. The van der Waals surface area contributed by atoms with E-state index in [0.29, 0.717) is 12.0 Å². The van der Waals surface area contributed by atoms with Gasteiger partial charge in [-0.05, 0) is 30.7 Å². The highest BCUT2D eigenvalue weighted by Gasteiger charge is 2.23. The van der Waals surface area contributed by atoms with Crippen LogP contribution in [0.3, 0.4) is 0 Å². The lowest BCUT2D eigenvalue weighted by Gasteiger charge is -2.29. The zero-order valence-electron chi connectivity index (χ0n) is 21.2. The Morgan fingerprint density at radius 2 is 1.25 bits per heavy atom. The van der Waals surface area contributed by atoms with Crippen LogP contribution in [0.4, 0.5) is 0 Å². The van der Waals surface area contributed by atoms with Gasteiger partial charge in [-0.15, -0.1) is 0 Å². The highest BCUT2D eigenvalue weighted by Crippen LogP contribution is 2.32. The molecular formula is C30H50N2. The summed E-state index contributed by atoms with van der Waals surface area (Å²) in [4.78, 5) is 4.41. The molecule has 0 saturated heterocycles. The Morgan fingerprint density at radius 1 is 0.688 bits per heavy atom. The first-order valence-electron chi connectivity index (χ1n) is 13.9. The van der Waals surface area contributed by atoms with Crippen LogP contribution in [0, 0.1) is 5.92 Å². The summed E-state index contributed by atoms with van der Waals surface area (Å²) in [5.41, 5.74) is 1.49. The molecule has 0 fully saturated rings. The molecule has 0 aliphatic heterocycles. The fraction of sp³-hybridized carbons (Fsp3) is 0.700. The Balaban J connectivity index is 1.92. The lowest BCUT2D eigenvalue weighted by molar-refractivity contribution is 0.275. The Hall–Kier alpha value is -1.57. The summed E-state index contributed by atoms with van der Waals surface area (Å²) in [7, 11) is 0. The number of rotatable bonds is 20. The van der Waals surface area contributed by atoms with Gasteiger partial charge in [0.2, 0.25) is 0 Å². The number of hydrogen-bond donors (Lipinski definition) is 0. The predicted octanol–water partition coefficient (Wildman–Crippen LogP) is 9.56. The van der Waals surface area contributed by atoms with Crippen molar-refractivity contribution < 1.29 is 0 Å². The molecule has 0 radical (unpaired) electrons. The molecule has 0 aliphatic carbocycles. The van der Waals surface area contributed by atoms with Gasteiger partial charge in [0.1, 0.15) is 0 Å². The first kappa shape index (κ1) is 26.7. The largest absolute Gasteiger partial charge is 0.334 e. The van der Waals surface area contributed by atoms with E-state index in [4.69, 9.17) is 0 Å². The number of hydrogen-bond acceptors (Lipinski definition) is 1. The van der Waals surface area contributed by atoms with Crippen LogP contribution in [0.5, 0.6) is 0 Å². The van der Waals surface area contributed by atoms with E-state index in [-0.39, 0.29) is 0 Å². The first-order chi connectivity index (χ1) is 15.8. The van der Waals surface area contributed by atoms with Gasteiger partial charge in [-0.3, -0.25) is 0 Å². The summed E-state index contributed by atoms with van der Waals surface area (Å²) < 4.78 is 2.42. The molecular weight excluding hydrogens is 388 g/mol. The standard InChI is InChI=1S/C30H50N2/c1-3-5-7-9-11-13-18-22-29(26-28-20-16-15-17-21-28)30(32-25-24-31-27-32)23-19-14-12-10-8-6-4-2/h15-17,20-21,24-25,27,29-30H,3-14,18-19,22-23,26H2,1-2H3. The van der Waals surface area contributed by atoms with E-state index in [9.17, 15) is 0 Å². The van der Waals surface area contributed by atoms with Crippen LogP contribution in [0.1, 0.15) is 128 Å². The molecule has 0 N–H and O–H groups in total. The molecule has 1 aromatic carbocycles. The molecule has 0 amide bonds. The number of nitrogens with zero attached hydrogens (tertiary/aromatic N) is 2. The topological polar surface area (TPSA) is 17.8 Å². The quantitative estimate of drug-likeness (QED) is 0.188. The molecule has 2 rings (SSSR count).